The molecule has 2 aromatic rings. The molecule has 1 saturated heterocycles. The maximum atomic E-state index is 12.0. The molecule has 0 spiro atoms. The Kier molecular flexibility index (Phi) is 3.02. The molecule has 5 nitrogen and oxygen atoms in total. The van der Waals surface area contributed by atoms with Crippen LogP contribution in [0.1, 0.15) is 34.9 Å². The molecule has 0 radical (unpaired) electrons. The number of amides is 2. The number of rotatable bonds is 2. The van der Waals surface area contributed by atoms with Gasteiger partial charge in [0.1, 0.15) is 5.69 Å². The van der Waals surface area contributed by atoms with Crippen LogP contribution in [0.2, 0.25) is 0 Å². The van der Waals surface area contributed by atoms with Crippen LogP contribution in [-0.4, -0.2) is 23.1 Å². The van der Waals surface area contributed by atoms with Crippen LogP contribution in [0.25, 0.3) is 10.8 Å². The third-order valence-electron chi connectivity index (χ3n) is 3.48. The Morgan fingerprint density at radius 3 is 2.80 bits per heavy atom. The molecule has 1 aromatic heterocycles. The Morgan fingerprint density at radius 1 is 1.25 bits per heavy atom. The molecule has 1 fully saturated rings. The van der Waals surface area contributed by atoms with Crippen LogP contribution in [0.15, 0.2) is 30.3 Å². The fourth-order valence-electron chi connectivity index (χ4n) is 2.53. The summed E-state index contributed by atoms with van der Waals surface area (Å²) >= 11 is 0. The van der Waals surface area contributed by atoms with E-state index in [9.17, 15) is 14.4 Å². The zero-order valence-corrected chi connectivity index (χ0v) is 10.6. The van der Waals surface area contributed by atoms with E-state index in [1.165, 1.54) is 0 Å². The van der Waals surface area contributed by atoms with Gasteiger partial charge in [0.25, 0.3) is 0 Å². The molecular weight excluding hydrogens is 256 g/mol. The first-order valence-corrected chi connectivity index (χ1v) is 6.37. The van der Waals surface area contributed by atoms with Crippen LogP contribution in [0, 0.1) is 0 Å². The van der Waals surface area contributed by atoms with E-state index in [0.29, 0.717) is 24.1 Å². The summed E-state index contributed by atoms with van der Waals surface area (Å²) in [5, 5.41) is 4.03. The van der Waals surface area contributed by atoms with Crippen LogP contribution in [0.3, 0.4) is 0 Å². The highest BCUT2D eigenvalue weighted by atomic mass is 16.2. The number of hydrogen-bond acceptors (Lipinski definition) is 4. The van der Waals surface area contributed by atoms with Gasteiger partial charge in [0, 0.05) is 11.8 Å². The van der Waals surface area contributed by atoms with Crippen molar-refractivity contribution in [2.75, 3.05) is 0 Å². The predicted octanol–water partition coefficient (Wildman–Crippen LogP) is 1.57. The van der Waals surface area contributed by atoms with Crippen LogP contribution in [0.5, 0.6) is 0 Å². The standard InChI is InChI=1S/C15H12N2O3/c18-8-10-7-9-3-1-2-4-11(9)14(16-10)12-5-6-13(19)17-15(12)20/h1-4,7-8,12H,5-6H2,(H,17,19,20). The second kappa shape index (κ2) is 4.85. The number of imide groups is 1. The van der Waals surface area contributed by atoms with Crippen molar-refractivity contribution < 1.29 is 14.4 Å². The first kappa shape index (κ1) is 12.5. The number of benzene rings is 1. The second-order valence-corrected chi connectivity index (χ2v) is 4.78. The van der Waals surface area contributed by atoms with Crippen molar-refractivity contribution >= 4 is 28.9 Å². The lowest BCUT2D eigenvalue weighted by Gasteiger charge is -2.21. The van der Waals surface area contributed by atoms with Gasteiger partial charge in [-0.05, 0) is 17.9 Å². The van der Waals surface area contributed by atoms with Gasteiger partial charge in [-0.1, -0.05) is 24.3 Å². The van der Waals surface area contributed by atoms with Crippen molar-refractivity contribution in [1.82, 2.24) is 10.3 Å². The molecule has 1 aliphatic heterocycles. The molecule has 1 unspecified atom stereocenters. The van der Waals surface area contributed by atoms with Crippen LogP contribution < -0.4 is 5.32 Å². The quantitative estimate of drug-likeness (QED) is 0.662. The third-order valence-corrected chi connectivity index (χ3v) is 3.48. The van der Waals surface area contributed by atoms with Crippen molar-refractivity contribution in [1.29, 1.82) is 0 Å². The summed E-state index contributed by atoms with van der Waals surface area (Å²) in [4.78, 5) is 38.5. The second-order valence-electron chi connectivity index (χ2n) is 4.78. The largest absolute Gasteiger partial charge is 0.296 e. The molecule has 2 amide bonds. The summed E-state index contributed by atoms with van der Waals surface area (Å²) < 4.78 is 0. The summed E-state index contributed by atoms with van der Waals surface area (Å²) in [5.74, 6) is -1.10. The molecule has 100 valence electrons. The van der Waals surface area contributed by atoms with Gasteiger partial charge in [-0.15, -0.1) is 0 Å². The highest BCUT2D eigenvalue weighted by molar-refractivity contribution is 6.03. The minimum absolute atomic E-state index is 0.262. The Bertz CT molecular complexity index is 724. The van der Waals surface area contributed by atoms with Gasteiger partial charge in [-0.2, -0.15) is 0 Å². The fraction of sp³-hybridized carbons (Fsp3) is 0.200. The van der Waals surface area contributed by atoms with E-state index in [2.05, 4.69) is 10.3 Å². The average molecular weight is 268 g/mol. The molecule has 3 rings (SSSR count). The number of carbonyl (C=O) groups is 3. The molecule has 0 aliphatic carbocycles. The molecule has 0 bridgehead atoms. The maximum absolute atomic E-state index is 12.0. The van der Waals surface area contributed by atoms with Crippen molar-refractivity contribution in [2.24, 2.45) is 0 Å². The zero-order valence-electron chi connectivity index (χ0n) is 10.6. The number of fused-ring (bicyclic) bond motifs is 1. The van der Waals surface area contributed by atoms with Gasteiger partial charge in [-0.3, -0.25) is 19.7 Å². The lowest BCUT2D eigenvalue weighted by atomic mass is 9.91. The van der Waals surface area contributed by atoms with E-state index in [1.54, 1.807) is 6.07 Å². The van der Waals surface area contributed by atoms with E-state index in [1.807, 2.05) is 24.3 Å². The molecule has 20 heavy (non-hydrogen) atoms. The Hall–Kier alpha value is -2.56. The van der Waals surface area contributed by atoms with Crippen LogP contribution in [-0.2, 0) is 9.59 Å². The summed E-state index contributed by atoms with van der Waals surface area (Å²) in [6.07, 6.45) is 1.38. The minimum atomic E-state index is -0.488. The Morgan fingerprint density at radius 2 is 2.05 bits per heavy atom. The molecule has 1 aliphatic rings. The normalized spacial score (nSPS) is 18.9. The number of aldehydes is 1. The summed E-state index contributed by atoms with van der Waals surface area (Å²) in [6, 6.07) is 9.16. The molecule has 2 heterocycles. The van der Waals surface area contributed by atoms with E-state index in [0.717, 1.165) is 10.8 Å². The smallest absolute Gasteiger partial charge is 0.235 e. The lowest BCUT2D eigenvalue weighted by molar-refractivity contribution is -0.134. The molecule has 5 heteroatoms. The van der Waals surface area contributed by atoms with Gasteiger partial charge < -0.3 is 0 Å². The predicted molar refractivity (Wildman–Crippen MR) is 72.3 cm³/mol. The minimum Gasteiger partial charge on any atom is -0.296 e. The Labute approximate surface area is 115 Å². The molecule has 0 saturated carbocycles. The van der Waals surface area contributed by atoms with Gasteiger partial charge in [0.05, 0.1) is 11.6 Å². The molecular formula is C15H12N2O3. The topological polar surface area (TPSA) is 76.1 Å². The van der Waals surface area contributed by atoms with Gasteiger partial charge in [0.15, 0.2) is 6.29 Å². The third kappa shape index (κ3) is 2.07. The van der Waals surface area contributed by atoms with Crippen molar-refractivity contribution in [2.45, 2.75) is 18.8 Å². The van der Waals surface area contributed by atoms with Crippen molar-refractivity contribution in [3.05, 3.63) is 41.7 Å². The molecule has 1 atom stereocenters. The summed E-state index contributed by atoms with van der Waals surface area (Å²) in [6.45, 7) is 0. The number of aromatic nitrogens is 1. The molecule has 1 aromatic carbocycles. The Balaban J connectivity index is 2.16. The maximum Gasteiger partial charge on any atom is 0.235 e. The number of nitrogens with one attached hydrogen (secondary N) is 1. The van der Waals surface area contributed by atoms with Crippen LogP contribution in [0.4, 0.5) is 0 Å². The van der Waals surface area contributed by atoms with E-state index in [4.69, 9.17) is 0 Å². The number of pyridine rings is 1. The van der Waals surface area contributed by atoms with Crippen molar-refractivity contribution in [3.8, 4) is 0 Å². The number of carbonyl (C=O) groups excluding carboxylic acids is 3. The zero-order chi connectivity index (χ0) is 14.1. The number of hydrogen-bond donors (Lipinski definition) is 1. The fourth-order valence-corrected chi connectivity index (χ4v) is 2.53. The van der Waals surface area contributed by atoms with E-state index >= 15 is 0 Å². The van der Waals surface area contributed by atoms with E-state index < -0.39 is 5.92 Å². The van der Waals surface area contributed by atoms with Gasteiger partial charge >= 0.3 is 0 Å². The van der Waals surface area contributed by atoms with Gasteiger partial charge in [0.2, 0.25) is 11.8 Å². The highest BCUT2D eigenvalue weighted by Gasteiger charge is 2.30. The summed E-state index contributed by atoms with van der Waals surface area (Å²) in [5.41, 5.74) is 0.860. The van der Waals surface area contributed by atoms with Gasteiger partial charge in [-0.25, -0.2) is 4.98 Å². The monoisotopic (exact) mass is 268 g/mol. The highest BCUT2D eigenvalue weighted by Crippen LogP contribution is 2.29. The van der Waals surface area contributed by atoms with Crippen LogP contribution >= 0.6 is 0 Å². The molecule has 1 N–H and O–H groups in total. The first-order valence-electron chi connectivity index (χ1n) is 6.37. The first-order chi connectivity index (χ1) is 9.69. The lowest BCUT2D eigenvalue weighted by Crippen LogP contribution is -2.39. The van der Waals surface area contributed by atoms with Crippen molar-refractivity contribution in [3.63, 3.8) is 0 Å². The number of piperidine rings is 1. The SMILES string of the molecule is O=Cc1cc2ccccc2c(C2CCC(=O)NC2=O)n1. The summed E-state index contributed by atoms with van der Waals surface area (Å²) in [7, 11) is 0. The van der Waals surface area contributed by atoms with E-state index in [-0.39, 0.29) is 18.2 Å². The average Bonchev–Trinajstić information content (AvgIpc) is 2.46. The number of nitrogens with zero attached hydrogens (tertiary/aromatic N) is 1.